The summed E-state index contributed by atoms with van der Waals surface area (Å²) in [6.07, 6.45) is 5.49. The fourth-order valence-electron chi connectivity index (χ4n) is 5.62. The Hall–Kier alpha value is -3.51. The predicted molar refractivity (Wildman–Crippen MR) is 178 cm³/mol. The molecule has 4 bridgehead atoms. The van der Waals surface area contributed by atoms with E-state index in [-0.39, 0.29) is 50.5 Å². The van der Waals surface area contributed by atoms with Gasteiger partial charge in [0.1, 0.15) is 5.92 Å². The number of fused-ring (bicyclic) bond motifs is 4. The van der Waals surface area contributed by atoms with Crippen molar-refractivity contribution in [2.24, 2.45) is 11.8 Å². The molecule has 4 amide bonds. The number of β-amino-alcohol motifs (C(OH)–C–C–N with tert-alkyl or cyclic N) is 1. The van der Waals surface area contributed by atoms with E-state index in [1.807, 2.05) is 9.80 Å². The van der Waals surface area contributed by atoms with Gasteiger partial charge in [-0.25, -0.2) is 0 Å². The van der Waals surface area contributed by atoms with E-state index in [4.69, 9.17) is 14.2 Å². The van der Waals surface area contributed by atoms with Crippen LogP contribution in [-0.2, 0) is 38.2 Å². The van der Waals surface area contributed by atoms with Crippen molar-refractivity contribution in [3.05, 3.63) is 35.5 Å². The molecule has 6 N–H and O–H groups in total. The fourth-order valence-corrected chi connectivity index (χ4v) is 5.62. The highest BCUT2D eigenvalue weighted by Crippen LogP contribution is 2.22. The van der Waals surface area contributed by atoms with Crippen LogP contribution in [0.15, 0.2) is 35.5 Å². The van der Waals surface area contributed by atoms with Gasteiger partial charge in [0.2, 0.25) is 17.7 Å². The highest BCUT2D eigenvalue weighted by atomic mass is 16.5. The molecule has 3 unspecified atom stereocenters. The molecular weight excluding hydrogens is 640 g/mol. The third-order valence-electron chi connectivity index (χ3n) is 8.42. The monoisotopic (exact) mass is 692 g/mol. The number of nitrogens with zero attached hydrogens (tertiary/aromatic N) is 2. The van der Waals surface area contributed by atoms with Crippen LogP contribution in [0.4, 0.5) is 0 Å². The summed E-state index contributed by atoms with van der Waals surface area (Å²) >= 11 is 0. The fraction of sp³-hybridized carbons (Fsp3) is 0.667. The Balaban J connectivity index is 1.67. The highest BCUT2D eigenvalue weighted by Gasteiger charge is 2.35. The molecular formula is C33H52N6O10. The molecule has 2 aliphatic carbocycles. The number of aliphatic hydroxyl groups excluding tert-OH is 2. The largest absolute Gasteiger partial charge is 0.395 e. The molecule has 0 aromatic heterocycles. The van der Waals surface area contributed by atoms with Gasteiger partial charge in [0.05, 0.1) is 57.2 Å². The summed E-state index contributed by atoms with van der Waals surface area (Å²) in [6.45, 7) is 4.96. The number of carbonyl (C=O) groups excluding carboxylic acids is 5. The maximum Gasteiger partial charge on any atom is 0.254 e. The maximum absolute atomic E-state index is 13.2. The van der Waals surface area contributed by atoms with Gasteiger partial charge in [-0.3, -0.25) is 33.8 Å². The van der Waals surface area contributed by atoms with E-state index >= 15 is 0 Å². The Morgan fingerprint density at radius 2 is 1.37 bits per heavy atom. The topological polar surface area (TPSA) is 208 Å². The average Bonchev–Trinajstić information content (AvgIpc) is 3.08. The molecule has 0 saturated carbocycles. The summed E-state index contributed by atoms with van der Waals surface area (Å²) in [4.78, 5) is 69.0. The Labute approximate surface area is 287 Å². The van der Waals surface area contributed by atoms with Crippen LogP contribution in [0.3, 0.4) is 0 Å². The van der Waals surface area contributed by atoms with Gasteiger partial charge < -0.3 is 45.7 Å². The molecule has 1 aliphatic heterocycles. The van der Waals surface area contributed by atoms with Gasteiger partial charge in [-0.1, -0.05) is 24.3 Å². The molecule has 16 nitrogen and oxygen atoms in total. The van der Waals surface area contributed by atoms with E-state index in [1.165, 1.54) is 6.08 Å². The molecule has 0 spiro atoms. The highest BCUT2D eigenvalue weighted by molar-refractivity contribution is 6.24. The summed E-state index contributed by atoms with van der Waals surface area (Å²) in [6, 6.07) is 0. The Bertz CT molecular complexity index is 1190. The van der Waals surface area contributed by atoms with Crippen molar-refractivity contribution in [2.45, 2.75) is 18.9 Å². The quantitative estimate of drug-likeness (QED) is 0.0734. The summed E-state index contributed by atoms with van der Waals surface area (Å²) in [5.74, 6) is -4.44. The van der Waals surface area contributed by atoms with Crippen LogP contribution >= 0.6 is 0 Å². The zero-order chi connectivity index (χ0) is 35.4. The molecule has 1 fully saturated rings. The first-order chi connectivity index (χ1) is 23.8. The third kappa shape index (κ3) is 13.4. The molecule has 3 rings (SSSR count). The minimum Gasteiger partial charge on any atom is -0.395 e. The van der Waals surface area contributed by atoms with E-state index in [2.05, 4.69) is 21.3 Å². The standard InChI is InChI=1S/C33H52N6O10/c1-47-20-21-49-23-22-48-19-17-39-14-10-36-32(45)26-6-2-4-24(28(26)41)30(43)34-8-12-38(16-18-40)13-9-35-31(44)25-5-3-7-27(29(25)42)33(46)37-11-15-39/h2,4-6,26-28,40-41H,3,7-23H2,1H3,(H,34,43)(H,35,44)(H,36,45)(H,37,46). The van der Waals surface area contributed by atoms with Gasteiger partial charge in [-0.15, -0.1) is 0 Å². The van der Waals surface area contributed by atoms with E-state index in [0.717, 1.165) is 0 Å². The van der Waals surface area contributed by atoms with Crippen LogP contribution in [0.25, 0.3) is 0 Å². The molecule has 49 heavy (non-hydrogen) atoms. The predicted octanol–water partition coefficient (Wildman–Crippen LogP) is -2.88. The molecule has 3 aliphatic rings. The van der Waals surface area contributed by atoms with E-state index in [9.17, 15) is 34.2 Å². The molecule has 1 heterocycles. The number of ether oxygens (including phenoxy) is 3. The van der Waals surface area contributed by atoms with Crippen molar-refractivity contribution in [1.82, 2.24) is 31.1 Å². The van der Waals surface area contributed by atoms with Gasteiger partial charge in [0, 0.05) is 78.1 Å². The molecule has 3 atom stereocenters. The molecule has 0 radical (unpaired) electrons. The first kappa shape index (κ1) is 39.9. The first-order valence-electron chi connectivity index (χ1n) is 16.9. The molecule has 0 aromatic rings. The number of methoxy groups -OCH3 is 1. The van der Waals surface area contributed by atoms with Crippen LogP contribution in [0.5, 0.6) is 0 Å². The van der Waals surface area contributed by atoms with Gasteiger partial charge >= 0.3 is 0 Å². The van der Waals surface area contributed by atoms with Crippen molar-refractivity contribution >= 4 is 29.4 Å². The number of ketones is 1. The molecule has 16 heteroatoms. The Kier molecular flexibility index (Phi) is 18.1. The number of carbonyl (C=O) groups is 5. The van der Waals surface area contributed by atoms with Gasteiger partial charge in [-0.2, -0.15) is 0 Å². The number of rotatable bonds is 11. The smallest absolute Gasteiger partial charge is 0.254 e. The number of nitrogens with one attached hydrogen (secondary N) is 4. The summed E-state index contributed by atoms with van der Waals surface area (Å²) in [5, 5.41) is 31.5. The number of amides is 4. The lowest BCUT2D eigenvalue weighted by Crippen LogP contribution is -2.47. The maximum atomic E-state index is 13.2. The van der Waals surface area contributed by atoms with Gasteiger partial charge in [0.25, 0.3) is 5.91 Å². The number of hydrogen-bond donors (Lipinski definition) is 6. The van der Waals surface area contributed by atoms with Crippen molar-refractivity contribution in [2.75, 3.05) is 112 Å². The van der Waals surface area contributed by atoms with Crippen LogP contribution in [0, 0.1) is 11.8 Å². The average molecular weight is 693 g/mol. The second kappa shape index (κ2) is 22.3. The van der Waals surface area contributed by atoms with E-state index in [1.54, 1.807) is 25.3 Å². The summed E-state index contributed by atoms with van der Waals surface area (Å²) in [7, 11) is 1.60. The van der Waals surface area contributed by atoms with Gasteiger partial charge in [0.15, 0.2) is 5.78 Å². The Morgan fingerprint density at radius 1 is 0.776 bits per heavy atom. The van der Waals surface area contributed by atoms with Crippen LogP contribution in [0.1, 0.15) is 12.8 Å². The molecule has 1 saturated heterocycles. The number of hydrogen-bond acceptors (Lipinski definition) is 12. The first-order valence-corrected chi connectivity index (χ1v) is 16.9. The third-order valence-corrected chi connectivity index (χ3v) is 8.42. The SMILES string of the molecule is COCCOCCOCCN1CCNC(=O)C2CCC=C(C(=O)NCCN(CCO)CCNC(=O)C3=CC=CC(C(=O)NCC1)C3O)C2=O. The van der Waals surface area contributed by atoms with Gasteiger partial charge in [-0.05, 0) is 12.8 Å². The van der Waals surface area contributed by atoms with Crippen LogP contribution in [-0.4, -0.2) is 168 Å². The van der Waals surface area contributed by atoms with Crippen LogP contribution < -0.4 is 21.3 Å². The summed E-state index contributed by atoms with van der Waals surface area (Å²) in [5.41, 5.74) is 0.0109. The number of Topliss-reactive ketones (excluding diaryl/α,β-unsaturated/α-hetero) is 1. The van der Waals surface area contributed by atoms with Crippen molar-refractivity contribution in [1.29, 1.82) is 0 Å². The minimum absolute atomic E-state index is 0.0470. The van der Waals surface area contributed by atoms with Crippen molar-refractivity contribution < 1.29 is 48.4 Å². The van der Waals surface area contributed by atoms with Crippen molar-refractivity contribution in [3.8, 4) is 0 Å². The zero-order valence-corrected chi connectivity index (χ0v) is 28.3. The molecule has 274 valence electrons. The minimum atomic E-state index is -1.35. The second-order valence-electron chi connectivity index (χ2n) is 11.8. The lowest BCUT2D eigenvalue weighted by Gasteiger charge is -2.27. The van der Waals surface area contributed by atoms with Crippen molar-refractivity contribution in [3.63, 3.8) is 0 Å². The molecule has 0 aromatic carbocycles. The summed E-state index contributed by atoms with van der Waals surface area (Å²) < 4.78 is 16.0. The second-order valence-corrected chi connectivity index (χ2v) is 11.8. The lowest BCUT2D eigenvalue weighted by atomic mass is 9.86. The van der Waals surface area contributed by atoms with E-state index in [0.29, 0.717) is 78.6 Å². The van der Waals surface area contributed by atoms with Crippen LogP contribution in [0.2, 0.25) is 0 Å². The lowest BCUT2D eigenvalue weighted by molar-refractivity contribution is -0.134. The Morgan fingerprint density at radius 3 is 2.04 bits per heavy atom. The van der Waals surface area contributed by atoms with E-state index < -0.39 is 47.4 Å². The number of aliphatic hydroxyl groups is 2. The number of allylic oxidation sites excluding steroid dienone is 3. The normalized spacial score (nSPS) is 24.6. The zero-order valence-electron chi connectivity index (χ0n) is 28.3.